The summed E-state index contributed by atoms with van der Waals surface area (Å²) in [6, 6.07) is 8.14. The first-order valence-electron chi connectivity index (χ1n) is 8.51. The summed E-state index contributed by atoms with van der Waals surface area (Å²) in [5, 5.41) is 6.03. The minimum absolute atomic E-state index is 0.0236. The third kappa shape index (κ3) is 3.91. The molecular formula is C18H25N3O2. The average Bonchev–Trinajstić information content (AvgIpc) is 2.98. The van der Waals surface area contributed by atoms with Crippen molar-refractivity contribution < 1.29 is 9.59 Å². The molecule has 0 bridgehead atoms. The quantitative estimate of drug-likeness (QED) is 0.891. The second-order valence-corrected chi connectivity index (χ2v) is 6.62. The number of benzene rings is 1. The fourth-order valence-electron chi connectivity index (χ4n) is 3.47. The van der Waals surface area contributed by atoms with Crippen LogP contribution < -0.4 is 10.6 Å². The van der Waals surface area contributed by atoms with E-state index < -0.39 is 0 Å². The Labute approximate surface area is 137 Å². The number of hydrogen-bond donors (Lipinski definition) is 2. The van der Waals surface area contributed by atoms with Crippen molar-refractivity contribution >= 4 is 11.8 Å². The van der Waals surface area contributed by atoms with Crippen molar-refractivity contribution in [2.75, 3.05) is 20.1 Å². The number of likely N-dealkylation sites (tertiary alicyclic amines) is 1. The highest BCUT2D eigenvalue weighted by Gasteiger charge is 2.22. The predicted octanol–water partition coefficient (Wildman–Crippen LogP) is 1.85. The zero-order chi connectivity index (χ0) is 16.2. The molecule has 0 spiro atoms. The fraction of sp³-hybridized carbons (Fsp3) is 0.556. The lowest BCUT2D eigenvalue weighted by Crippen LogP contribution is -2.38. The summed E-state index contributed by atoms with van der Waals surface area (Å²) < 4.78 is 0. The summed E-state index contributed by atoms with van der Waals surface area (Å²) in [5.41, 5.74) is 1.75. The van der Waals surface area contributed by atoms with Crippen molar-refractivity contribution in [1.82, 2.24) is 15.5 Å². The van der Waals surface area contributed by atoms with Crippen LogP contribution in [0.4, 0.5) is 0 Å². The minimum atomic E-state index is -0.0236. The molecule has 2 N–H and O–H groups in total. The second-order valence-electron chi connectivity index (χ2n) is 6.62. The standard InChI is InChI=1S/C18H25N3O2/c1-21-11-3-4-15(21)12-19-18(23)14-9-7-13(8-10-14)16-5-2-6-17(22)20-16/h7-10,15-16H,2-6,11-12H2,1H3,(H,19,23)(H,20,22)/t15-,16?/m1/s1. The highest BCUT2D eigenvalue weighted by molar-refractivity contribution is 5.94. The number of nitrogens with one attached hydrogen (secondary N) is 2. The molecule has 5 nitrogen and oxygen atoms in total. The van der Waals surface area contributed by atoms with Crippen molar-refractivity contribution in [1.29, 1.82) is 0 Å². The summed E-state index contributed by atoms with van der Waals surface area (Å²) in [4.78, 5) is 26.0. The average molecular weight is 315 g/mol. The molecule has 1 aromatic carbocycles. The molecule has 2 atom stereocenters. The van der Waals surface area contributed by atoms with Crippen LogP contribution in [0, 0.1) is 0 Å². The van der Waals surface area contributed by atoms with E-state index in [0.29, 0.717) is 24.6 Å². The first kappa shape index (κ1) is 16.0. The molecule has 2 aliphatic heterocycles. The van der Waals surface area contributed by atoms with Crippen molar-refractivity contribution in [3.8, 4) is 0 Å². The van der Waals surface area contributed by atoms with Gasteiger partial charge in [-0.15, -0.1) is 0 Å². The van der Waals surface area contributed by atoms with Crippen LogP contribution >= 0.6 is 0 Å². The first-order valence-corrected chi connectivity index (χ1v) is 8.51. The number of piperidine rings is 1. The van der Waals surface area contributed by atoms with Gasteiger partial charge in [0.1, 0.15) is 0 Å². The summed E-state index contributed by atoms with van der Waals surface area (Å²) in [6.07, 6.45) is 4.86. The van der Waals surface area contributed by atoms with E-state index in [-0.39, 0.29) is 17.9 Å². The van der Waals surface area contributed by atoms with Crippen molar-refractivity contribution in [3.05, 3.63) is 35.4 Å². The van der Waals surface area contributed by atoms with E-state index in [2.05, 4.69) is 22.6 Å². The molecule has 2 amide bonds. The molecule has 3 rings (SSSR count). The Kier molecular flexibility index (Phi) is 4.96. The van der Waals surface area contributed by atoms with Crippen LogP contribution in [0.15, 0.2) is 24.3 Å². The summed E-state index contributed by atoms with van der Waals surface area (Å²) in [6.45, 7) is 1.82. The lowest BCUT2D eigenvalue weighted by Gasteiger charge is -2.23. The molecule has 124 valence electrons. The first-order chi connectivity index (χ1) is 11.1. The number of carbonyl (C=O) groups excluding carboxylic acids is 2. The van der Waals surface area contributed by atoms with Gasteiger partial charge in [-0.25, -0.2) is 0 Å². The normalized spacial score (nSPS) is 25.2. The maximum atomic E-state index is 12.2. The lowest BCUT2D eigenvalue weighted by atomic mass is 9.96. The molecule has 5 heteroatoms. The molecule has 23 heavy (non-hydrogen) atoms. The molecule has 1 aromatic rings. The van der Waals surface area contributed by atoms with Gasteiger partial charge in [0.15, 0.2) is 0 Å². The molecule has 0 aromatic heterocycles. The Hall–Kier alpha value is -1.88. The Morgan fingerprint density at radius 1 is 1.26 bits per heavy atom. The van der Waals surface area contributed by atoms with Crippen molar-refractivity contribution in [2.45, 2.75) is 44.2 Å². The maximum Gasteiger partial charge on any atom is 0.251 e. The Balaban J connectivity index is 1.55. The number of amides is 2. The van der Waals surface area contributed by atoms with E-state index in [1.54, 1.807) is 0 Å². The van der Waals surface area contributed by atoms with Gasteiger partial charge in [-0.3, -0.25) is 9.59 Å². The third-order valence-electron chi connectivity index (χ3n) is 4.98. The zero-order valence-corrected chi connectivity index (χ0v) is 13.7. The van der Waals surface area contributed by atoms with Crippen LogP contribution in [0.3, 0.4) is 0 Å². The lowest BCUT2D eigenvalue weighted by molar-refractivity contribution is -0.123. The monoisotopic (exact) mass is 315 g/mol. The van der Waals surface area contributed by atoms with Crippen LogP contribution in [-0.2, 0) is 4.79 Å². The Morgan fingerprint density at radius 3 is 2.70 bits per heavy atom. The topological polar surface area (TPSA) is 61.4 Å². The summed E-state index contributed by atoms with van der Waals surface area (Å²) in [5.74, 6) is 0.0910. The van der Waals surface area contributed by atoms with Gasteiger partial charge in [0.2, 0.25) is 5.91 Å². The van der Waals surface area contributed by atoms with E-state index in [0.717, 1.165) is 31.4 Å². The SMILES string of the molecule is CN1CCC[C@@H]1CNC(=O)c1ccc(C2CCCC(=O)N2)cc1. The van der Waals surface area contributed by atoms with E-state index in [4.69, 9.17) is 0 Å². The van der Waals surface area contributed by atoms with Crippen LogP contribution in [0.25, 0.3) is 0 Å². The molecule has 0 aliphatic carbocycles. The largest absolute Gasteiger partial charge is 0.350 e. The van der Waals surface area contributed by atoms with Gasteiger partial charge in [0.25, 0.3) is 5.91 Å². The molecule has 2 saturated heterocycles. The van der Waals surface area contributed by atoms with Crippen LogP contribution in [0.5, 0.6) is 0 Å². The highest BCUT2D eigenvalue weighted by Crippen LogP contribution is 2.23. The van der Waals surface area contributed by atoms with Gasteiger partial charge in [0.05, 0.1) is 6.04 Å². The number of nitrogens with zero attached hydrogens (tertiary/aromatic N) is 1. The van der Waals surface area contributed by atoms with E-state index in [1.807, 2.05) is 24.3 Å². The summed E-state index contributed by atoms with van der Waals surface area (Å²) in [7, 11) is 2.11. The molecule has 0 radical (unpaired) electrons. The van der Waals surface area contributed by atoms with Gasteiger partial charge in [-0.2, -0.15) is 0 Å². The van der Waals surface area contributed by atoms with E-state index >= 15 is 0 Å². The number of rotatable bonds is 4. The highest BCUT2D eigenvalue weighted by atomic mass is 16.2. The van der Waals surface area contributed by atoms with Crippen LogP contribution in [-0.4, -0.2) is 42.9 Å². The third-order valence-corrected chi connectivity index (χ3v) is 4.98. The van der Waals surface area contributed by atoms with Gasteiger partial charge in [0, 0.05) is 24.6 Å². The molecule has 2 heterocycles. The molecule has 0 saturated carbocycles. The van der Waals surface area contributed by atoms with Crippen LogP contribution in [0.1, 0.15) is 54.1 Å². The Bertz CT molecular complexity index is 570. The maximum absolute atomic E-state index is 12.2. The zero-order valence-electron chi connectivity index (χ0n) is 13.7. The van der Waals surface area contributed by atoms with Crippen molar-refractivity contribution in [3.63, 3.8) is 0 Å². The van der Waals surface area contributed by atoms with Crippen LogP contribution in [0.2, 0.25) is 0 Å². The summed E-state index contributed by atoms with van der Waals surface area (Å²) >= 11 is 0. The molecule has 2 aliphatic rings. The molecular weight excluding hydrogens is 290 g/mol. The molecule has 1 unspecified atom stereocenters. The minimum Gasteiger partial charge on any atom is -0.350 e. The Morgan fingerprint density at radius 2 is 2.04 bits per heavy atom. The number of likely N-dealkylation sites (N-methyl/N-ethyl adjacent to an activating group) is 1. The molecule has 2 fully saturated rings. The second kappa shape index (κ2) is 7.13. The van der Waals surface area contributed by atoms with E-state index in [1.165, 1.54) is 6.42 Å². The smallest absolute Gasteiger partial charge is 0.251 e. The van der Waals surface area contributed by atoms with Gasteiger partial charge >= 0.3 is 0 Å². The number of hydrogen-bond acceptors (Lipinski definition) is 3. The van der Waals surface area contributed by atoms with Gasteiger partial charge in [-0.1, -0.05) is 12.1 Å². The van der Waals surface area contributed by atoms with Gasteiger partial charge in [-0.05, 0) is 57.0 Å². The predicted molar refractivity (Wildman–Crippen MR) is 89.2 cm³/mol. The van der Waals surface area contributed by atoms with Crippen molar-refractivity contribution in [2.24, 2.45) is 0 Å². The fourth-order valence-corrected chi connectivity index (χ4v) is 3.47. The number of carbonyl (C=O) groups is 2. The van der Waals surface area contributed by atoms with E-state index in [9.17, 15) is 9.59 Å². The van der Waals surface area contributed by atoms with Gasteiger partial charge < -0.3 is 15.5 Å².